The van der Waals surface area contributed by atoms with Gasteiger partial charge in [0, 0.05) is 33.2 Å². The van der Waals surface area contributed by atoms with Crippen molar-refractivity contribution in [1.29, 1.82) is 0 Å². The highest BCUT2D eigenvalue weighted by atomic mass is 16.3. The molecule has 3 atom stereocenters. The van der Waals surface area contributed by atoms with Gasteiger partial charge in [0.15, 0.2) is 0 Å². The van der Waals surface area contributed by atoms with E-state index in [9.17, 15) is 0 Å². The fourth-order valence-electron chi connectivity index (χ4n) is 8.16. The Labute approximate surface area is 292 Å². The zero-order valence-electron chi connectivity index (χ0n) is 27.8. The Bertz CT molecular complexity index is 2400. The lowest BCUT2D eigenvalue weighted by atomic mass is 9.55. The third-order valence-corrected chi connectivity index (χ3v) is 10.6. The van der Waals surface area contributed by atoms with Crippen molar-refractivity contribution in [1.82, 2.24) is 0 Å². The van der Waals surface area contributed by atoms with Crippen LogP contribution in [-0.4, -0.2) is 23.5 Å². The van der Waals surface area contributed by atoms with Gasteiger partial charge < -0.3 is 4.42 Å². The molecule has 0 bridgehead atoms. The first-order valence-corrected chi connectivity index (χ1v) is 16.7. The van der Waals surface area contributed by atoms with Gasteiger partial charge in [-0.15, -0.1) is 17.5 Å². The van der Waals surface area contributed by atoms with Crippen molar-refractivity contribution in [2.45, 2.75) is 31.0 Å². The predicted molar refractivity (Wildman–Crippen MR) is 208 cm³/mol. The smallest absolute Gasteiger partial charge is 0.143 e. The molecule has 1 aliphatic rings. The van der Waals surface area contributed by atoms with E-state index in [1.165, 1.54) is 11.1 Å². The van der Waals surface area contributed by atoms with E-state index >= 15 is 0 Å². The maximum absolute atomic E-state index is 7.47. The molecule has 1 aliphatic carbocycles. The number of hydrogen-bond donors (Lipinski definition) is 0. The Morgan fingerprint density at radius 3 is 1.76 bits per heavy atom. The van der Waals surface area contributed by atoms with E-state index in [2.05, 4.69) is 147 Å². The monoisotopic (exact) mass is 622 g/mol. The normalized spacial score (nSPS) is 19.1. The van der Waals surface area contributed by atoms with Crippen molar-refractivity contribution in [3.8, 4) is 22.3 Å². The number of para-hydroxylation sites is 2. The molecule has 1 nitrogen and oxygen atoms in total. The van der Waals surface area contributed by atoms with Crippen LogP contribution >= 0.6 is 0 Å². The summed E-state index contributed by atoms with van der Waals surface area (Å²) in [5.74, 6) is -0.501. The molecule has 0 saturated carbocycles. The van der Waals surface area contributed by atoms with E-state index in [1.807, 2.05) is 13.0 Å². The van der Waals surface area contributed by atoms with Gasteiger partial charge >= 0.3 is 0 Å². The number of aryl methyl sites for hydroxylation is 1. The average Bonchev–Trinajstić information content (AvgIpc) is 3.65. The summed E-state index contributed by atoms with van der Waals surface area (Å²) in [4.78, 5) is 0. The Morgan fingerprint density at radius 1 is 0.633 bits per heavy atom. The van der Waals surface area contributed by atoms with Crippen molar-refractivity contribution in [3.63, 3.8) is 0 Å². The van der Waals surface area contributed by atoms with Crippen LogP contribution in [0.1, 0.15) is 40.7 Å². The first-order valence-electron chi connectivity index (χ1n) is 16.7. The summed E-state index contributed by atoms with van der Waals surface area (Å²) in [5.41, 5.74) is 13.1. The van der Waals surface area contributed by atoms with Gasteiger partial charge in [-0.2, -0.15) is 0 Å². The minimum atomic E-state index is -0.632. The molecule has 228 valence electrons. The maximum atomic E-state index is 7.47. The van der Waals surface area contributed by atoms with Crippen LogP contribution in [0.3, 0.4) is 0 Å². The second kappa shape index (κ2) is 12.0. The quantitative estimate of drug-likeness (QED) is 0.133. The number of fused-ring (bicyclic) bond motifs is 4. The summed E-state index contributed by atoms with van der Waals surface area (Å²) >= 11 is 0. The Hall–Kier alpha value is -5.21. The van der Waals surface area contributed by atoms with E-state index in [-0.39, 0.29) is 11.7 Å². The van der Waals surface area contributed by atoms with Crippen LogP contribution in [0.25, 0.3) is 44.2 Å². The van der Waals surface area contributed by atoms with Gasteiger partial charge in [-0.1, -0.05) is 151 Å². The number of allylic oxidation sites excluding steroid dienone is 3. The molecule has 49 heavy (non-hydrogen) atoms. The van der Waals surface area contributed by atoms with E-state index < -0.39 is 5.41 Å². The van der Waals surface area contributed by atoms with Crippen LogP contribution in [-0.2, 0) is 5.41 Å². The Balaban J connectivity index is 1.29. The standard InChI is InChI=1S/C45H33B3O/c1-27-19-21-30(22-20-27)34-14-9-16-36-37-17-10-15-35(43(37)49-42(34)36)31-23-25-33(26-24-31)45(32-11-5-4-6-12-32)39-18-8-7-13-38(39)40(44(45)48)28(2)41(47)29(3)46/h4-26,40,44H,3H2,1-2H3/b41-28+. The van der Waals surface area contributed by atoms with E-state index in [4.69, 9.17) is 28.0 Å². The number of benzene rings is 6. The Kier molecular flexibility index (Phi) is 7.64. The fourth-order valence-corrected chi connectivity index (χ4v) is 8.16. The largest absolute Gasteiger partial charge is 0.455 e. The van der Waals surface area contributed by atoms with E-state index in [0.717, 1.165) is 66.5 Å². The average molecular weight is 622 g/mol. The summed E-state index contributed by atoms with van der Waals surface area (Å²) in [6, 6.07) is 49.4. The van der Waals surface area contributed by atoms with E-state index in [0.29, 0.717) is 10.9 Å². The van der Waals surface area contributed by atoms with Crippen molar-refractivity contribution in [3.05, 3.63) is 190 Å². The van der Waals surface area contributed by atoms with Crippen LogP contribution in [0.2, 0.25) is 5.82 Å². The summed E-state index contributed by atoms with van der Waals surface area (Å²) < 4.78 is 6.76. The highest BCUT2D eigenvalue weighted by Gasteiger charge is 2.51. The molecule has 4 heteroatoms. The lowest BCUT2D eigenvalue weighted by Crippen LogP contribution is -2.32. The lowest BCUT2D eigenvalue weighted by molar-refractivity contribution is 0.571. The molecule has 0 amide bonds. The molecule has 0 spiro atoms. The topological polar surface area (TPSA) is 13.1 Å². The summed E-state index contributed by atoms with van der Waals surface area (Å²) in [5, 5.41) is 2.21. The maximum Gasteiger partial charge on any atom is 0.143 e. The van der Waals surface area contributed by atoms with Gasteiger partial charge in [0.05, 0.1) is 7.85 Å². The first-order chi connectivity index (χ1) is 23.8. The van der Waals surface area contributed by atoms with Gasteiger partial charge in [-0.05, 0) is 53.0 Å². The molecule has 0 N–H and O–H groups in total. The van der Waals surface area contributed by atoms with Crippen LogP contribution in [0, 0.1) is 6.92 Å². The summed E-state index contributed by atoms with van der Waals surface area (Å²) in [6.45, 7) is 8.06. The molecule has 3 unspecified atom stereocenters. The molecular weight excluding hydrogens is 589 g/mol. The van der Waals surface area contributed by atoms with Crippen molar-refractivity contribution < 1.29 is 4.42 Å². The molecule has 7 aromatic rings. The zero-order chi connectivity index (χ0) is 33.9. The molecular formula is C45H33B3O. The molecule has 1 aromatic heterocycles. The van der Waals surface area contributed by atoms with Crippen molar-refractivity contribution in [2.24, 2.45) is 0 Å². The van der Waals surface area contributed by atoms with Crippen molar-refractivity contribution in [2.75, 3.05) is 0 Å². The highest BCUT2D eigenvalue weighted by molar-refractivity contribution is 6.36. The zero-order valence-corrected chi connectivity index (χ0v) is 27.8. The number of hydrogen-bond acceptors (Lipinski definition) is 1. The Morgan fingerprint density at radius 2 is 1.16 bits per heavy atom. The van der Waals surface area contributed by atoms with Crippen LogP contribution in [0.5, 0.6) is 0 Å². The molecule has 0 fully saturated rings. The molecule has 6 aromatic carbocycles. The van der Waals surface area contributed by atoms with Gasteiger partial charge in [0.2, 0.25) is 0 Å². The molecule has 6 radical (unpaired) electrons. The number of rotatable bonds is 6. The third-order valence-electron chi connectivity index (χ3n) is 10.6. The van der Waals surface area contributed by atoms with Gasteiger partial charge in [-0.3, -0.25) is 0 Å². The van der Waals surface area contributed by atoms with Gasteiger partial charge in [-0.25, -0.2) is 0 Å². The molecule has 0 aliphatic heterocycles. The van der Waals surface area contributed by atoms with Gasteiger partial charge in [0.1, 0.15) is 26.9 Å². The third kappa shape index (κ3) is 4.80. The lowest BCUT2D eigenvalue weighted by Gasteiger charge is -2.39. The minimum Gasteiger partial charge on any atom is -0.455 e. The van der Waals surface area contributed by atoms with Crippen LogP contribution in [0.4, 0.5) is 0 Å². The second-order valence-corrected chi connectivity index (χ2v) is 13.3. The molecule has 8 rings (SSSR count). The number of furan rings is 1. The van der Waals surface area contributed by atoms with E-state index in [1.54, 1.807) is 0 Å². The predicted octanol–water partition coefficient (Wildman–Crippen LogP) is 10.7. The summed E-state index contributed by atoms with van der Waals surface area (Å²) in [6.07, 6.45) is 0. The van der Waals surface area contributed by atoms with Crippen LogP contribution < -0.4 is 0 Å². The second-order valence-electron chi connectivity index (χ2n) is 13.3. The minimum absolute atomic E-state index is 0.150. The molecule has 1 heterocycles. The highest BCUT2D eigenvalue weighted by Crippen LogP contribution is 2.62. The SMILES string of the molecule is [B]C(=C)/C([B])=C(/C)C1c2ccccc2C(c2ccccc2)(c2ccc(-c3cccc4c3oc3c(-c5ccc(C)cc5)cccc34)cc2)C1[B]. The molecule has 0 saturated heterocycles. The van der Waals surface area contributed by atoms with Gasteiger partial charge in [0.25, 0.3) is 0 Å². The van der Waals surface area contributed by atoms with Crippen molar-refractivity contribution >= 4 is 45.5 Å². The first kappa shape index (κ1) is 31.1. The van der Waals surface area contributed by atoms with Crippen LogP contribution in [0.15, 0.2) is 167 Å². The summed E-state index contributed by atoms with van der Waals surface area (Å²) in [7, 11) is 20.1. The fraction of sp³-hybridized carbons (Fsp3) is 0.111.